The molecule has 156 valence electrons. The maximum absolute atomic E-state index is 12.6. The molecule has 0 saturated carbocycles. The number of hydrogen-bond acceptors (Lipinski definition) is 6. The molecule has 29 heavy (non-hydrogen) atoms. The van der Waals surface area contributed by atoms with Crippen LogP contribution in [-0.2, 0) is 35.5 Å². The summed E-state index contributed by atoms with van der Waals surface area (Å²) in [6, 6.07) is 1.26. The summed E-state index contributed by atoms with van der Waals surface area (Å²) in [5, 5.41) is 3.16. The lowest BCUT2D eigenvalue weighted by molar-refractivity contribution is -0.116. The number of anilines is 1. The fourth-order valence-corrected chi connectivity index (χ4v) is 4.93. The first-order chi connectivity index (χ1) is 13.8. The number of nitrogens with zero attached hydrogens (tertiary/aromatic N) is 2. The van der Waals surface area contributed by atoms with Crippen LogP contribution in [0.15, 0.2) is 21.9 Å². The highest BCUT2D eigenvalue weighted by Crippen LogP contribution is 2.40. The summed E-state index contributed by atoms with van der Waals surface area (Å²) in [5.74, 6) is -0.481. The second-order valence-electron chi connectivity index (χ2n) is 7.13. The number of carbonyl (C=O) groups is 2. The summed E-state index contributed by atoms with van der Waals surface area (Å²) in [4.78, 5) is 50.6. The molecule has 0 unspecified atom stereocenters. The van der Waals surface area contributed by atoms with Crippen LogP contribution in [0.4, 0.5) is 5.00 Å². The van der Waals surface area contributed by atoms with E-state index in [0.717, 1.165) is 34.3 Å². The number of nitrogens with one attached hydrogen (secondary N) is 1. The number of fused-ring (bicyclic) bond motifs is 1. The van der Waals surface area contributed by atoms with Crippen LogP contribution in [0.25, 0.3) is 0 Å². The number of aryl methyl sites for hydroxylation is 1. The number of ether oxygens (including phenoxy) is 1. The average molecular weight is 420 g/mol. The lowest BCUT2D eigenvalue weighted by atomic mass is 9.88. The van der Waals surface area contributed by atoms with Gasteiger partial charge < -0.3 is 14.6 Å². The molecule has 2 aromatic heterocycles. The zero-order valence-corrected chi connectivity index (χ0v) is 17.6. The topological polar surface area (TPSA) is 99.4 Å². The maximum atomic E-state index is 12.6. The molecular weight excluding hydrogens is 394 g/mol. The fourth-order valence-electron chi connectivity index (χ4n) is 3.51. The summed E-state index contributed by atoms with van der Waals surface area (Å²) in [6.45, 7) is 5.88. The predicted molar refractivity (Wildman–Crippen MR) is 111 cm³/mol. The molecule has 0 fully saturated rings. The van der Waals surface area contributed by atoms with Gasteiger partial charge in [0.05, 0.1) is 12.2 Å². The average Bonchev–Trinajstić information content (AvgIpc) is 3.02. The van der Waals surface area contributed by atoms with E-state index < -0.39 is 29.7 Å². The van der Waals surface area contributed by atoms with Crippen LogP contribution >= 0.6 is 11.3 Å². The summed E-state index contributed by atoms with van der Waals surface area (Å²) >= 11 is 1.37. The standard InChI is InChI=1S/C20H25N3O5S/c1-4-22-9-8-16(25)23(20(22)27)11-15(24)21-18-17(19(26)28-5-2)13-7-6-12(3)10-14(13)29-18/h8-9,12H,4-7,10-11H2,1-3H3,(H,21,24)/t12-/m0/s1. The molecule has 0 radical (unpaired) electrons. The van der Waals surface area contributed by atoms with Gasteiger partial charge in [0.1, 0.15) is 11.5 Å². The number of rotatable bonds is 6. The number of thiophene rings is 1. The Balaban J connectivity index is 1.90. The molecule has 0 bridgehead atoms. The summed E-state index contributed by atoms with van der Waals surface area (Å²) in [6.07, 6.45) is 3.99. The minimum Gasteiger partial charge on any atom is -0.462 e. The molecule has 0 aromatic carbocycles. The van der Waals surface area contributed by atoms with Gasteiger partial charge in [-0.05, 0) is 44.6 Å². The third-order valence-electron chi connectivity index (χ3n) is 5.03. The first-order valence-electron chi connectivity index (χ1n) is 9.77. The number of amides is 1. The largest absolute Gasteiger partial charge is 0.462 e. The highest BCUT2D eigenvalue weighted by molar-refractivity contribution is 7.17. The van der Waals surface area contributed by atoms with Crippen LogP contribution in [0.3, 0.4) is 0 Å². The monoisotopic (exact) mass is 419 g/mol. The second kappa shape index (κ2) is 8.77. The Kier molecular flexibility index (Phi) is 6.36. The molecule has 1 atom stereocenters. The van der Waals surface area contributed by atoms with Crippen molar-refractivity contribution < 1.29 is 14.3 Å². The summed E-state index contributed by atoms with van der Waals surface area (Å²) in [5.41, 5.74) is 0.255. The molecule has 9 heteroatoms. The summed E-state index contributed by atoms with van der Waals surface area (Å²) < 4.78 is 7.43. The quantitative estimate of drug-likeness (QED) is 0.723. The van der Waals surface area contributed by atoms with E-state index in [4.69, 9.17) is 4.74 Å². The van der Waals surface area contributed by atoms with Gasteiger partial charge in [0, 0.05) is 23.7 Å². The van der Waals surface area contributed by atoms with E-state index in [1.54, 1.807) is 13.8 Å². The molecule has 1 aliphatic carbocycles. The van der Waals surface area contributed by atoms with Crippen molar-refractivity contribution in [3.63, 3.8) is 0 Å². The van der Waals surface area contributed by atoms with Gasteiger partial charge in [0.25, 0.3) is 5.56 Å². The van der Waals surface area contributed by atoms with Crippen molar-refractivity contribution in [1.29, 1.82) is 0 Å². The van der Waals surface area contributed by atoms with Crippen molar-refractivity contribution in [2.45, 2.75) is 53.1 Å². The lowest BCUT2D eigenvalue weighted by Gasteiger charge is -2.18. The number of carbonyl (C=O) groups excluding carboxylic acids is 2. The van der Waals surface area contributed by atoms with Crippen LogP contribution in [-0.4, -0.2) is 27.6 Å². The van der Waals surface area contributed by atoms with Crippen molar-refractivity contribution in [2.75, 3.05) is 11.9 Å². The molecule has 2 heterocycles. The Hall–Kier alpha value is -2.68. The van der Waals surface area contributed by atoms with E-state index in [0.29, 0.717) is 23.0 Å². The van der Waals surface area contributed by atoms with Crippen molar-refractivity contribution >= 4 is 28.2 Å². The van der Waals surface area contributed by atoms with E-state index in [9.17, 15) is 19.2 Å². The number of esters is 1. The first-order valence-corrected chi connectivity index (χ1v) is 10.6. The van der Waals surface area contributed by atoms with Gasteiger partial charge in [-0.25, -0.2) is 9.59 Å². The SMILES string of the molecule is CCOC(=O)c1c(NC(=O)Cn2c(=O)ccn(CC)c2=O)sc2c1CC[C@H](C)C2. The Labute approximate surface area is 172 Å². The molecular formula is C20H25N3O5S. The molecule has 8 nitrogen and oxygen atoms in total. The van der Waals surface area contributed by atoms with Crippen molar-refractivity contribution in [3.8, 4) is 0 Å². The molecule has 0 saturated heterocycles. The molecule has 0 aliphatic heterocycles. The zero-order chi connectivity index (χ0) is 21.1. The highest BCUT2D eigenvalue weighted by Gasteiger charge is 2.29. The van der Waals surface area contributed by atoms with Crippen molar-refractivity contribution in [3.05, 3.63) is 49.1 Å². The Morgan fingerprint density at radius 1 is 1.31 bits per heavy atom. The van der Waals surface area contributed by atoms with Crippen molar-refractivity contribution in [2.24, 2.45) is 5.92 Å². The van der Waals surface area contributed by atoms with Crippen LogP contribution in [0.5, 0.6) is 0 Å². The molecule has 1 N–H and O–H groups in total. The van der Waals surface area contributed by atoms with Gasteiger partial charge in [-0.15, -0.1) is 11.3 Å². The maximum Gasteiger partial charge on any atom is 0.341 e. The zero-order valence-electron chi connectivity index (χ0n) is 16.8. The molecule has 0 spiro atoms. The van der Waals surface area contributed by atoms with Gasteiger partial charge in [-0.3, -0.25) is 14.2 Å². The first kappa shape index (κ1) is 21.0. The smallest absolute Gasteiger partial charge is 0.341 e. The summed E-state index contributed by atoms with van der Waals surface area (Å²) in [7, 11) is 0. The molecule has 2 aromatic rings. The van der Waals surface area contributed by atoms with E-state index in [2.05, 4.69) is 12.2 Å². The predicted octanol–water partition coefficient (Wildman–Crippen LogP) is 2.03. The van der Waals surface area contributed by atoms with Gasteiger partial charge in [0.15, 0.2) is 0 Å². The van der Waals surface area contributed by atoms with Gasteiger partial charge in [-0.2, -0.15) is 0 Å². The number of hydrogen-bond donors (Lipinski definition) is 1. The van der Waals surface area contributed by atoms with Gasteiger partial charge >= 0.3 is 11.7 Å². The van der Waals surface area contributed by atoms with E-state index in [-0.39, 0.29) is 6.61 Å². The Morgan fingerprint density at radius 2 is 2.07 bits per heavy atom. The van der Waals surface area contributed by atoms with Crippen LogP contribution in [0.2, 0.25) is 0 Å². The van der Waals surface area contributed by atoms with E-state index in [1.807, 2.05) is 0 Å². The lowest BCUT2D eigenvalue weighted by Crippen LogP contribution is -2.41. The Bertz CT molecular complexity index is 1050. The van der Waals surface area contributed by atoms with E-state index >= 15 is 0 Å². The molecule has 1 amide bonds. The van der Waals surface area contributed by atoms with Gasteiger partial charge in [0.2, 0.25) is 5.91 Å². The molecule has 1 aliphatic rings. The third kappa shape index (κ3) is 4.34. The minimum atomic E-state index is -0.542. The second-order valence-corrected chi connectivity index (χ2v) is 8.24. The van der Waals surface area contributed by atoms with Crippen molar-refractivity contribution in [1.82, 2.24) is 9.13 Å². The third-order valence-corrected chi connectivity index (χ3v) is 6.20. The van der Waals surface area contributed by atoms with Crippen LogP contribution in [0, 0.1) is 5.92 Å². The number of aromatic nitrogens is 2. The van der Waals surface area contributed by atoms with Gasteiger partial charge in [-0.1, -0.05) is 6.92 Å². The fraction of sp³-hybridized carbons (Fsp3) is 0.500. The molecule has 3 rings (SSSR count). The Morgan fingerprint density at radius 3 is 2.76 bits per heavy atom. The van der Waals surface area contributed by atoms with E-state index in [1.165, 1.54) is 28.2 Å². The van der Waals surface area contributed by atoms with Crippen LogP contribution in [0.1, 0.15) is 48.0 Å². The normalized spacial score (nSPS) is 15.6. The minimum absolute atomic E-state index is 0.239. The highest BCUT2D eigenvalue weighted by atomic mass is 32.1. The van der Waals surface area contributed by atoms with Crippen LogP contribution < -0.4 is 16.6 Å².